The fourth-order valence-corrected chi connectivity index (χ4v) is 3.28. The molecule has 0 bridgehead atoms. The highest BCUT2D eigenvalue weighted by molar-refractivity contribution is 5.43. The maximum absolute atomic E-state index is 5.94. The predicted molar refractivity (Wildman–Crippen MR) is 132 cm³/mol. The molecule has 4 aromatic carbocycles. The van der Waals surface area contributed by atoms with E-state index in [4.69, 9.17) is 31.4 Å². The summed E-state index contributed by atoms with van der Waals surface area (Å²) in [5.41, 5.74) is 22.4. The molecule has 6 N–H and O–H groups in total. The van der Waals surface area contributed by atoms with Gasteiger partial charge in [0.15, 0.2) is 0 Å². The van der Waals surface area contributed by atoms with Crippen LogP contribution in [0.25, 0.3) is 0 Å². The van der Waals surface area contributed by atoms with Gasteiger partial charge in [0, 0.05) is 17.1 Å². The number of nitrogens with two attached hydrogens (primary N) is 3. The molecule has 0 spiro atoms. The summed E-state index contributed by atoms with van der Waals surface area (Å²) in [6.45, 7) is 1.23. The lowest BCUT2D eigenvalue weighted by molar-refractivity contribution is 0.293. The molecule has 0 unspecified atom stereocenters. The van der Waals surface area contributed by atoms with Crippen LogP contribution in [0.1, 0.15) is 16.7 Å². The molecule has 33 heavy (non-hydrogen) atoms. The van der Waals surface area contributed by atoms with Crippen LogP contribution < -0.4 is 31.4 Å². The molecule has 0 aromatic heterocycles. The minimum absolute atomic E-state index is 0.411. The number of rotatable bonds is 9. The SMILES string of the molecule is Nc1ccc(OCc2cc(COc3ccc(N)cc3)cc(COc3ccc(N)cc3)c2)cc1. The molecule has 0 saturated heterocycles. The Balaban J connectivity index is 1.48. The van der Waals surface area contributed by atoms with Crippen LogP contribution in [0.3, 0.4) is 0 Å². The van der Waals surface area contributed by atoms with Crippen molar-refractivity contribution in [3.8, 4) is 17.2 Å². The van der Waals surface area contributed by atoms with Crippen LogP contribution in [0.15, 0.2) is 91.0 Å². The minimum Gasteiger partial charge on any atom is -0.489 e. The van der Waals surface area contributed by atoms with Gasteiger partial charge in [-0.1, -0.05) is 0 Å². The zero-order valence-corrected chi connectivity index (χ0v) is 18.2. The van der Waals surface area contributed by atoms with Gasteiger partial charge in [-0.2, -0.15) is 0 Å². The summed E-state index contributed by atoms with van der Waals surface area (Å²) in [5, 5.41) is 0. The van der Waals surface area contributed by atoms with E-state index < -0.39 is 0 Å². The molecule has 6 nitrogen and oxygen atoms in total. The summed E-state index contributed by atoms with van der Waals surface area (Å²) in [7, 11) is 0. The standard InChI is InChI=1S/C27H27N3O3/c28-22-1-7-25(8-2-22)31-16-19-13-20(17-32-26-9-3-23(29)4-10-26)15-21(14-19)18-33-27-11-5-24(30)6-12-27/h1-15H,16-18,28-30H2. The smallest absolute Gasteiger partial charge is 0.119 e. The summed E-state index contributed by atoms with van der Waals surface area (Å²) in [4.78, 5) is 0. The number of hydrogen-bond acceptors (Lipinski definition) is 6. The second-order valence-electron chi connectivity index (χ2n) is 7.73. The first-order valence-corrected chi connectivity index (χ1v) is 10.6. The van der Waals surface area contributed by atoms with E-state index in [1.54, 1.807) is 0 Å². The zero-order valence-electron chi connectivity index (χ0n) is 18.2. The molecular weight excluding hydrogens is 414 g/mol. The summed E-state index contributed by atoms with van der Waals surface area (Å²) in [6, 6.07) is 28.3. The second kappa shape index (κ2) is 10.3. The molecule has 0 heterocycles. The number of ether oxygens (including phenoxy) is 3. The number of anilines is 3. The average Bonchev–Trinajstić information content (AvgIpc) is 2.83. The van der Waals surface area contributed by atoms with Gasteiger partial charge in [-0.05, 0) is 108 Å². The number of nitrogen functional groups attached to an aromatic ring is 3. The number of hydrogen-bond donors (Lipinski definition) is 3. The average molecular weight is 442 g/mol. The Morgan fingerprint density at radius 1 is 0.394 bits per heavy atom. The topological polar surface area (TPSA) is 106 Å². The van der Waals surface area contributed by atoms with E-state index in [9.17, 15) is 0 Å². The van der Waals surface area contributed by atoms with Crippen LogP contribution >= 0.6 is 0 Å². The van der Waals surface area contributed by atoms with Crippen molar-refractivity contribution in [3.63, 3.8) is 0 Å². The summed E-state index contributed by atoms with van der Waals surface area (Å²) in [6.07, 6.45) is 0. The van der Waals surface area contributed by atoms with Crippen LogP contribution in [0, 0.1) is 0 Å². The third-order valence-electron chi connectivity index (χ3n) is 4.97. The molecule has 168 valence electrons. The lowest BCUT2D eigenvalue weighted by Crippen LogP contribution is -2.04. The Kier molecular flexibility index (Phi) is 6.85. The first-order chi connectivity index (χ1) is 16.0. The maximum atomic E-state index is 5.94. The molecule has 6 heteroatoms. The highest BCUT2D eigenvalue weighted by Crippen LogP contribution is 2.21. The quantitative estimate of drug-likeness (QED) is 0.309. The fraction of sp³-hybridized carbons (Fsp3) is 0.111. The lowest BCUT2D eigenvalue weighted by atomic mass is 10.1. The number of benzene rings is 4. The van der Waals surface area contributed by atoms with Crippen molar-refractivity contribution >= 4 is 17.1 Å². The van der Waals surface area contributed by atoms with E-state index in [-0.39, 0.29) is 0 Å². The third-order valence-corrected chi connectivity index (χ3v) is 4.97. The molecular formula is C27H27N3O3. The van der Waals surface area contributed by atoms with E-state index in [0.29, 0.717) is 36.9 Å². The van der Waals surface area contributed by atoms with Crippen LogP contribution in [-0.4, -0.2) is 0 Å². The highest BCUT2D eigenvalue weighted by Gasteiger charge is 2.06. The summed E-state index contributed by atoms with van der Waals surface area (Å²) in [5.74, 6) is 2.27. The molecule has 0 aliphatic heterocycles. The Morgan fingerprint density at radius 3 is 0.879 bits per heavy atom. The monoisotopic (exact) mass is 441 g/mol. The zero-order chi connectivity index (χ0) is 23.0. The first-order valence-electron chi connectivity index (χ1n) is 10.6. The largest absolute Gasteiger partial charge is 0.489 e. The molecule has 0 radical (unpaired) electrons. The van der Waals surface area contributed by atoms with Crippen LogP contribution in [0.2, 0.25) is 0 Å². The van der Waals surface area contributed by atoms with E-state index in [1.165, 1.54) is 0 Å². The molecule has 0 fully saturated rings. The van der Waals surface area contributed by atoms with E-state index >= 15 is 0 Å². The van der Waals surface area contributed by atoms with Gasteiger partial charge in [-0.25, -0.2) is 0 Å². The maximum Gasteiger partial charge on any atom is 0.119 e. The van der Waals surface area contributed by atoms with Gasteiger partial charge < -0.3 is 31.4 Å². The Bertz CT molecular complexity index is 1010. The molecule has 0 saturated carbocycles. The normalized spacial score (nSPS) is 10.5. The molecule has 0 amide bonds. The molecule has 0 aliphatic carbocycles. The van der Waals surface area contributed by atoms with Crippen LogP contribution in [0.4, 0.5) is 17.1 Å². The van der Waals surface area contributed by atoms with Gasteiger partial charge in [0.2, 0.25) is 0 Å². The van der Waals surface area contributed by atoms with Crippen molar-refractivity contribution in [2.75, 3.05) is 17.2 Å². The van der Waals surface area contributed by atoms with Crippen LogP contribution in [0.5, 0.6) is 17.2 Å². The van der Waals surface area contributed by atoms with Crippen molar-refractivity contribution in [2.45, 2.75) is 19.8 Å². The van der Waals surface area contributed by atoms with Gasteiger partial charge in [-0.15, -0.1) is 0 Å². The van der Waals surface area contributed by atoms with Crippen molar-refractivity contribution < 1.29 is 14.2 Å². The summed E-state index contributed by atoms with van der Waals surface area (Å²) >= 11 is 0. The highest BCUT2D eigenvalue weighted by atomic mass is 16.5. The summed E-state index contributed by atoms with van der Waals surface area (Å²) < 4.78 is 17.8. The van der Waals surface area contributed by atoms with Crippen molar-refractivity contribution in [2.24, 2.45) is 0 Å². The Hall–Kier alpha value is -4.32. The molecule has 4 rings (SSSR count). The fourth-order valence-electron chi connectivity index (χ4n) is 3.28. The van der Waals surface area contributed by atoms with E-state index in [0.717, 1.165) is 33.9 Å². The van der Waals surface area contributed by atoms with E-state index in [1.807, 2.05) is 72.8 Å². The van der Waals surface area contributed by atoms with E-state index in [2.05, 4.69) is 18.2 Å². The molecule has 0 atom stereocenters. The Morgan fingerprint density at radius 2 is 0.636 bits per heavy atom. The van der Waals surface area contributed by atoms with Gasteiger partial charge in [-0.3, -0.25) is 0 Å². The first kappa shape index (κ1) is 21.9. The second-order valence-corrected chi connectivity index (χ2v) is 7.73. The third kappa shape index (κ3) is 6.58. The molecule has 0 aliphatic rings. The Labute approximate surface area is 193 Å². The lowest BCUT2D eigenvalue weighted by Gasteiger charge is -2.13. The van der Waals surface area contributed by atoms with Gasteiger partial charge in [0.25, 0.3) is 0 Å². The minimum atomic E-state index is 0.411. The van der Waals surface area contributed by atoms with Gasteiger partial charge >= 0.3 is 0 Å². The molecule has 4 aromatic rings. The van der Waals surface area contributed by atoms with Crippen molar-refractivity contribution in [1.82, 2.24) is 0 Å². The van der Waals surface area contributed by atoms with Gasteiger partial charge in [0.05, 0.1) is 0 Å². The van der Waals surface area contributed by atoms with Crippen molar-refractivity contribution in [3.05, 3.63) is 108 Å². The van der Waals surface area contributed by atoms with Crippen LogP contribution in [-0.2, 0) is 19.8 Å². The van der Waals surface area contributed by atoms with Gasteiger partial charge in [0.1, 0.15) is 37.1 Å². The predicted octanol–water partition coefficient (Wildman–Crippen LogP) is 5.17. The van der Waals surface area contributed by atoms with Crippen molar-refractivity contribution in [1.29, 1.82) is 0 Å².